The zero-order chi connectivity index (χ0) is 18.5. The summed E-state index contributed by atoms with van der Waals surface area (Å²) in [5.41, 5.74) is 2.60. The Balaban J connectivity index is 3.15. The molecular formula is C13H25N3O6P2. The smallest absolute Gasteiger partial charge is 0.347 e. The van der Waals surface area contributed by atoms with E-state index in [-0.39, 0.29) is 6.54 Å². The van der Waals surface area contributed by atoms with Gasteiger partial charge in [0.05, 0.1) is 0 Å². The van der Waals surface area contributed by atoms with Gasteiger partial charge in [0.2, 0.25) is 5.95 Å². The molecule has 1 N–H and O–H groups in total. The highest BCUT2D eigenvalue weighted by atomic mass is 31.2. The molecule has 0 saturated carbocycles. The van der Waals surface area contributed by atoms with Crippen molar-refractivity contribution >= 4 is 21.1 Å². The van der Waals surface area contributed by atoms with Gasteiger partial charge in [-0.25, -0.2) is 9.97 Å². The van der Waals surface area contributed by atoms with Gasteiger partial charge in [-0.2, -0.15) is 0 Å². The molecule has 0 bridgehead atoms. The van der Waals surface area contributed by atoms with Crippen LogP contribution in [0.1, 0.15) is 17.0 Å². The van der Waals surface area contributed by atoms with E-state index < -0.39 is 20.6 Å². The van der Waals surface area contributed by atoms with Crippen molar-refractivity contribution in [3.63, 3.8) is 0 Å². The van der Waals surface area contributed by atoms with Gasteiger partial charge in [-0.05, 0) is 26.3 Å². The van der Waals surface area contributed by atoms with E-state index >= 15 is 0 Å². The van der Waals surface area contributed by atoms with Gasteiger partial charge in [0.25, 0.3) is 0 Å². The molecule has 1 rings (SSSR count). The lowest BCUT2D eigenvalue weighted by Crippen LogP contribution is -2.24. The summed E-state index contributed by atoms with van der Waals surface area (Å²) in [5, 5.41) is 1.74. The summed E-state index contributed by atoms with van der Waals surface area (Å²) in [5.74, 6) is 0.318. The lowest BCUT2D eigenvalue weighted by atomic mass is 10.2. The Labute approximate surface area is 142 Å². The molecule has 0 aromatic carbocycles. The predicted molar refractivity (Wildman–Crippen MR) is 91.8 cm³/mol. The van der Waals surface area contributed by atoms with Crippen LogP contribution in [-0.4, -0.2) is 50.4 Å². The Hall–Kier alpha value is -0.820. The molecule has 138 valence electrons. The molecule has 0 aliphatic heterocycles. The summed E-state index contributed by atoms with van der Waals surface area (Å²) in [6, 6.07) is 0. The third-order valence-corrected chi connectivity index (χ3v) is 9.38. The monoisotopic (exact) mass is 381 g/mol. The number of hydrogen-bond acceptors (Lipinski definition) is 9. The van der Waals surface area contributed by atoms with E-state index in [9.17, 15) is 9.13 Å². The molecule has 11 heteroatoms. The molecule has 9 nitrogen and oxygen atoms in total. The van der Waals surface area contributed by atoms with Crippen LogP contribution >= 0.6 is 15.2 Å². The average Bonchev–Trinajstić information content (AvgIpc) is 2.58. The summed E-state index contributed by atoms with van der Waals surface area (Å²) in [6.07, 6.45) is 0. The summed E-state index contributed by atoms with van der Waals surface area (Å²) < 4.78 is 45.4. The number of aromatic nitrogens is 2. The summed E-state index contributed by atoms with van der Waals surface area (Å²) in [7, 11) is -2.65. The Morgan fingerprint density at radius 1 is 0.875 bits per heavy atom. The molecular weight excluding hydrogens is 356 g/mol. The molecule has 1 heterocycles. The van der Waals surface area contributed by atoms with Gasteiger partial charge in [-0.15, -0.1) is 0 Å². The molecule has 0 atom stereocenters. The molecule has 0 unspecified atom stereocenters. The van der Waals surface area contributed by atoms with E-state index in [4.69, 9.17) is 18.1 Å². The number of aryl methyl sites for hydroxylation is 2. The summed E-state index contributed by atoms with van der Waals surface area (Å²) >= 11 is 0. The molecule has 0 fully saturated rings. The van der Waals surface area contributed by atoms with Gasteiger partial charge in [-0.1, -0.05) is 0 Å². The zero-order valence-electron chi connectivity index (χ0n) is 15.0. The molecule has 24 heavy (non-hydrogen) atoms. The number of nitrogens with one attached hydrogen (secondary N) is 1. The Bertz CT molecular complexity index is 604. The molecule has 0 amide bonds. The van der Waals surface area contributed by atoms with Crippen LogP contribution in [0.4, 0.5) is 5.95 Å². The largest absolute Gasteiger partial charge is 0.353 e. The van der Waals surface area contributed by atoms with Crippen molar-refractivity contribution in [1.29, 1.82) is 0 Å². The molecule has 0 spiro atoms. The molecule has 0 saturated heterocycles. The van der Waals surface area contributed by atoms with E-state index in [1.807, 2.05) is 20.8 Å². The SMILES string of the molecule is COP(=O)(OC)C(CNc1nc(C)c(C)c(C)n1)P(=O)(OC)OC. The molecule has 0 radical (unpaired) electrons. The van der Waals surface area contributed by atoms with E-state index in [0.29, 0.717) is 5.95 Å². The van der Waals surface area contributed by atoms with Crippen LogP contribution in [0, 0.1) is 20.8 Å². The second kappa shape index (κ2) is 8.52. The van der Waals surface area contributed by atoms with Crippen LogP contribution in [0.5, 0.6) is 0 Å². The molecule has 0 aliphatic carbocycles. The number of hydrogen-bond donors (Lipinski definition) is 1. The average molecular weight is 381 g/mol. The van der Waals surface area contributed by atoms with Crippen molar-refractivity contribution < 1.29 is 27.2 Å². The van der Waals surface area contributed by atoms with E-state index in [2.05, 4.69) is 15.3 Å². The first-order valence-corrected chi connectivity index (χ1v) is 10.4. The van der Waals surface area contributed by atoms with Crippen LogP contribution in [-0.2, 0) is 27.2 Å². The second-order valence-electron chi connectivity index (χ2n) is 5.01. The maximum atomic E-state index is 12.8. The first-order chi connectivity index (χ1) is 11.2. The number of rotatable bonds is 9. The lowest BCUT2D eigenvalue weighted by molar-refractivity contribution is 0.248. The third-order valence-electron chi connectivity index (χ3n) is 3.82. The van der Waals surface area contributed by atoms with Gasteiger partial charge < -0.3 is 23.4 Å². The van der Waals surface area contributed by atoms with Crippen LogP contribution in [0.15, 0.2) is 0 Å². The Morgan fingerprint density at radius 2 is 1.25 bits per heavy atom. The fraction of sp³-hybridized carbons (Fsp3) is 0.692. The van der Waals surface area contributed by atoms with E-state index in [1.165, 1.54) is 28.4 Å². The molecule has 1 aromatic heterocycles. The Morgan fingerprint density at radius 3 is 1.58 bits per heavy atom. The van der Waals surface area contributed by atoms with Gasteiger partial charge >= 0.3 is 15.2 Å². The van der Waals surface area contributed by atoms with Crippen molar-refractivity contribution in [2.24, 2.45) is 0 Å². The van der Waals surface area contributed by atoms with Crippen molar-refractivity contribution in [2.75, 3.05) is 40.3 Å². The normalized spacial score (nSPS) is 12.7. The van der Waals surface area contributed by atoms with Gasteiger partial charge in [0, 0.05) is 46.4 Å². The highest BCUT2D eigenvalue weighted by Gasteiger charge is 2.49. The third kappa shape index (κ3) is 4.42. The zero-order valence-corrected chi connectivity index (χ0v) is 16.8. The number of anilines is 1. The highest BCUT2D eigenvalue weighted by Crippen LogP contribution is 2.69. The first kappa shape index (κ1) is 21.2. The van der Waals surface area contributed by atoms with Crippen LogP contribution in [0.25, 0.3) is 0 Å². The first-order valence-electron chi connectivity index (χ1n) is 7.15. The predicted octanol–water partition coefficient (Wildman–Crippen LogP) is 3.11. The standard InChI is InChI=1S/C13H25N3O6P2/c1-9-10(2)15-13(16-11(9)3)14-8-12(23(17,19-4)20-5)24(18,21-6)22-7/h12H,8H2,1-7H3,(H,14,15,16). The maximum Gasteiger partial charge on any atom is 0.347 e. The van der Waals surface area contributed by atoms with Crippen LogP contribution < -0.4 is 5.32 Å². The van der Waals surface area contributed by atoms with Crippen molar-refractivity contribution in [3.05, 3.63) is 17.0 Å². The summed E-state index contributed by atoms with van der Waals surface area (Å²) in [4.78, 5) is 8.62. The quantitative estimate of drug-likeness (QED) is 0.645. The maximum absolute atomic E-state index is 12.8. The lowest BCUT2D eigenvalue weighted by Gasteiger charge is -2.28. The second-order valence-corrected chi connectivity index (χ2v) is 10.3. The van der Waals surface area contributed by atoms with Gasteiger partial charge in [0.1, 0.15) is 0 Å². The van der Waals surface area contributed by atoms with E-state index in [1.54, 1.807) is 0 Å². The minimum atomic E-state index is -3.75. The minimum absolute atomic E-state index is 0.0835. The number of nitrogens with zero attached hydrogens (tertiary/aromatic N) is 2. The highest BCUT2D eigenvalue weighted by molar-refractivity contribution is 7.72. The summed E-state index contributed by atoms with van der Waals surface area (Å²) in [6.45, 7) is 5.55. The van der Waals surface area contributed by atoms with Crippen molar-refractivity contribution in [3.8, 4) is 0 Å². The fourth-order valence-corrected chi connectivity index (χ4v) is 6.48. The van der Waals surface area contributed by atoms with Crippen LogP contribution in [0.2, 0.25) is 0 Å². The topological polar surface area (TPSA) is 109 Å². The van der Waals surface area contributed by atoms with Crippen LogP contribution in [0.3, 0.4) is 0 Å². The fourth-order valence-electron chi connectivity index (χ4n) is 2.07. The van der Waals surface area contributed by atoms with Gasteiger partial charge in [0.15, 0.2) is 5.40 Å². The van der Waals surface area contributed by atoms with Crippen molar-refractivity contribution in [1.82, 2.24) is 9.97 Å². The van der Waals surface area contributed by atoms with Crippen molar-refractivity contribution in [2.45, 2.75) is 26.2 Å². The van der Waals surface area contributed by atoms with Gasteiger partial charge in [-0.3, -0.25) is 9.13 Å². The molecule has 1 aromatic rings. The van der Waals surface area contributed by atoms with E-state index in [0.717, 1.165) is 17.0 Å². The Kier molecular flexibility index (Phi) is 7.53. The minimum Gasteiger partial charge on any atom is -0.353 e. The molecule has 0 aliphatic rings.